The first-order chi connectivity index (χ1) is 15.8. The minimum atomic E-state index is -0.0919. The number of amides is 1. The van der Waals surface area contributed by atoms with Crippen molar-refractivity contribution in [2.24, 2.45) is 0 Å². The zero-order chi connectivity index (χ0) is 23.3. The Morgan fingerprint density at radius 1 is 1.21 bits per heavy atom. The van der Waals surface area contributed by atoms with E-state index in [1.165, 1.54) is 24.2 Å². The first kappa shape index (κ1) is 23.8. The van der Waals surface area contributed by atoms with Gasteiger partial charge in [0.1, 0.15) is 18.1 Å². The topological polar surface area (TPSA) is 89.3 Å². The van der Waals surface area contributed by atoms with Crippen molar-refractivity contribution in [3.05, 3.63) is 53.9 Å². The highest BCUT2D eigenvalue weighted by atomic mass is 32.2. The quantitative estimate of drug-likeness (QED) is 0.290. The molecule has 176 valence electrons. The van der Waals surface area contributed by atoms with Gasteiger partial charge in [0.15, 0.2) is 5.13 Å². The standard InChI is InChI=1S/C24H30N4O3S2/c1-24(2,3)19-13-26-21(31-19)15-32-22-14-27-23(33-22)28-20(29)12-16-4-8-18(9-5-16)30-11-10-25-17-6-7-17/h4-5,8-9,13-14,17,25H,6-7,10-12,15H2,1-3H3,(H,27,28,29). The molecule has 4 rings (SSSR count). The fourth-order valence-corrected chi connectivity index (χ4v) is 4.75. The lowest BCUT2D eigenvalue weighted by atomic mass is 9.94. The molecule has 1 amide bonds. The predicted octanol–water partition coefficient (Wildman–Crippen LogP) is 5.03. The largest absolute Gasteiger partial charge is 0.492 e. The second-order valence-corrected chi connectivity index (χ2v) is 11.4. The minimum absolute atomic E-state index is 0.0573. The van der Waals surface area contributed by atoms with E-state index in [1.54, 1.807) is 24.2 Å². The van der Waals surface area contributed by atoms with Gasteiger partial charge in [-0.3, -0.25) is 4.79 Å². The molecule has 0 spiro atoms. The van der Waals surface area contributed by atoms with Gasteiger partial charge in [0, 0.05) is 18.0 Å². The summed E-state index contributed by atoms with van der Waals surface area (Å²) in [7, 11) is 0. The molecule has 2 N–H and O–H groups in total. The molecule has 0 bridgehead atoms. The molecule has 1 aliphatic rings. The maximum absolute atomic E-state index is 12.4. The summed E-state index contributed by atoms with van der Waals surface area (Å²) in [5, 5.41) is 6.89. The van der Waals surface area contributed by atoms with Gasteiger partial charge in [-0.15, -0.1) is 11.8 Å². The van der Waals surface area contributed by atoms with Crippen LogP contribution in [0.25, 0.3) is 0 Å². The molecule has 9 heteroatoms. The Morgan fingerprint density at radius 3 is 2.70 bits per heavy atom. The van der Waals surface area contributed by atoms with Crippen molar-refractivity contribution in [3.8, 4) is 5.75 Å². The molecule has 0 aliphatic heterocycles. The average Bonchev–Trinajstić information content (AvgIpc) is 3.27. The van der Waals surface area contributed by atoms with E-state index in [0.29, 0.717) is 29.4 Å². The number of oxazole rings is 1. The fraction of sp³-hybridized carbons (Fsp3) is 0.458. The van der Waals surface area contributed by atoms with Crippen LogP contribution in [0.2, 0.25) is 0 Å². The predicted molar refractivity (Wildman–Crippen MR) is 132 cm³/mol. The molecule has 2 heterocycles. The van der Waals surface area contributed by atoms with Crippen LogP contribution in [0.4, 0.5) is 5.13 Å². The Kier molecular flexibility index (Phi) is 7.72. The van der Waals surface area contributed by atoms with E-state index >= 15 is 0 Å². The van der Waals surface area contributed by atoms with Gasteiger partial charge in [-0.25, -0.2) is 9.97 Å². The van der Waals surface area contributed by atoms with E-state index in [9.17, 15) is 4.79 Å². The number of ether oxygens (including phenoxy) is 1. The van der Waals surface area contributed by atoms with E-state index in [1.807, 2.05) is 24.3 Å². The van der Waals surface area contributed by atoms with E-state index in [0.717, 1.165) is 27.8 Å². The highest BCUT2D eigenvalue weighted by Crippen LogP contribution is 2.31. The maximum Gasteiger partial charge on any atom is 0.230 e. The van der Waals surface area contributed by atoms with Crippen LogP contribution in [0.1, 0.15) is 50.8 Å². The molecule has 7 nitrogen and oxygen atoms in total. The Morgan fingerprint density at radius 2 is 2.00 bits per heavy atom. The lowest BCUT2D eigenvalue weighted by Gasteiger charge is -2.12. The Bertz CT molecular complexity index is 1050. The number of carbonyl (C=O) groups excluding carboxylic acids is 1. The molecule has 3 aromatic rings. The molecule has 1 fully saturated rings. The van der Waals surface area contributed by atoms with Crippen molar-refractivity contribution in [2.45, 2.75) is 61.5 Å². The Balaban J connectivity index is 1.19. The summed E-state index contributed by atoms with van der Waals surface area (Å²) < 4.78 is 12.6. The molecule has 1 aromatic carbocycles. The van der Waals surface area contributed by atoms with Gasteiger partial charge in [0.05, 0.1) is 28.8 Å². The number of hydrogen-bond donors (Lipinski definition) is 2. The molecule has 0 unspecified atom stereocenters. The van der Waals surface area contributed by atoms with Gasteiger partial charge < -0.3 is 19.8 Å². The third-order valence-electron chi connectivity index (χ3n) is 5.03. The molecular weight excluding hydrogens is 456 g/mol. The minimum Gasteiger partial charge on any atom is -0.492 e. The van der Waals surface area contributed by atoms with E-state index in [4.69, 9.17) is 9.15 Å². The van der Waals surface area contributed by atoms with Crippen LogP contribution in [0, 0.1) is 0 Å². The number of thiazole rings is 1. The van der Waals surface area contributed by atoms with Gasteiger partial charge in [0.25, 0.3) is 0 Å². The summed E-state index contributed by atoms with van der Waals surface area (Å²) >= 11 is 3.04. The van der Waals surface area contributed by atoms with Crippen LogP contribution in [0.5, 0.6) is 5.75 Å². The lowest BCUT2D eigenvalue weighted by molar-refractivity contribution is -0.115. The number of anilines is 1. The molecule has 0 atom stereocenters. The van der Waals surface area contributed by atoms with Crippen molar-refractivity contribution < 1.29 is 13.9 Å². The maximum atomic E-state index is 12.4. The van der Waals surface area contributed by atoms with Gasteiger partial charge in [-0.2, -0.15) is 0 Å². The van der Waals surface area contributed by atoms with Gasteiger partial charge in [-0.05, 0) is 30.5 Å². The molecule has 1 aliphatic carbocycles. The van der Waals surface area contributed by atoms with Crippen molar-refractivity contribution in [3.63, 3.8) is 0 Å². The Labute approximate surface area is 202 Å². The van der Waals surface area contributed by atoms with Crippen LogP contribution in [-0.2, 0) is 22.4 Å². The highest BCUT2D eigenvalue weighted by molar-refractivity contribution is 8.00. The molecule has 0 saturated heterocycles. The molecule has 33 heavy (non-hydrogen) atoms. The fourth-order valence-electron chi connectivity index (χ4n) is 3.01. The summed E-state index contributed by atoms with van der Waals surface area (Å²) in [5.41, 5.74) is 0.874. The van der Waals surface area contributed by atoms with Crippen LogP contribution in [-0.4, -0.2) is 35.1 Å². The van der Waals surface area contributed by atoms with E-state index in [2.05, 4.69) is 41.4 Å². The first-order valence-electron chi connectivity index (χ1n) is 11.1. The summed E-state index contributed by atoms with van der Waals surface area (Å²) in [5.74, 6) is 2.91. The number of carbonyl (C=O) groups is 1. The number of hydrogen-bond acceptors (Lipinski definition) is 8. The zero-order valence-electron chi connectivity index (χ0n) is 19.2. The smallest absolute Gasteiger partial charge is 0.230 e. The summed E-state index contributed by atoms with van der Waals surface area (Å²) in [6.07, 6.45) is 6.40. The van der Waals surface area contributed by atoms with Gasteiger partial charge in [0.2, 0.25) is 11.8 Å². The number of nitrogens with one attached hydrogen (secondary N) is 2. The normalized spacial score (nSPS) is 13.8. The van der Waals surface area contributed by atoms with Crippen LogP contribution in [0.15, 0.2) is 45.3 Å². The zero-order valence-corrected chi connectivity index (χ0v) is 20.9. The third-order valence-corrected chi connectivity index (χ3v) is 7.12. The van der Waals surface area contributed by atoms with Gasteiger partial charge >= 0.3 is 0 Å². The number of aromatic nitrogens is 2. The van der Waals surface area contributed by atoms with Crippen LogP contribution < -0.4 is 15.4 Å². The number of benzene rings is 1. The monoisotopic (exact) mass is 486 g/mol. The van der Waals surface area contributed by atoms with Crippen molar-refractivity contribution in [1.29, 1.82) is 0 Å². The molecule has 0 radical (unpaired) electrons. The SMILES string of the molecule is CC(C)(C)c1cnc(CSc2cnc(NC(=O)Cc3ccc(OCCNC4CC4)cc3)s2)o1. The van der Waals surface area contributed by atoms with Crippen molar-refractivity contribution in [2.75, 3.05) is 18.5 Å². The second kappa shape index (κ2) is 10.7. The average molecular weight is 487 g/mol. The first-order valence-corrected chi connectivity index (χ1v) is 12.9. The Hall–Kier alpha value is -2.36. The molecule has 1 saturated carbocycles. The van der Waals surface area contributed by atoms with E-state index in [-0.39, 0.29) is 17.7 Å². The summed E-state index contributed by atoms with van der Waals surface area (Å²) in [6, 6.07) is 8.36. The van der Waals surface area contributed by atoms with Crippen LogP contribution in [0.3, 0.4) is 0 Å². The molecule has 2 aromatic heterocycles. The van der Waals surface area contributed by atoms with Crippen molar-refractivity contribution in [1.82, 2.24) is 15.3 Å². The number of thioether (sulfide) groups is 1. The molecular formula is C24H30N4O3S2. The van der Waals surface area contributed by atoms with Crippen LogP contribution >= 0.6 is 23.1 Å². The lowest BCUT2D eigenvalue weighted by Crippen LogP contribution is -2.22. The number of rotatable bonds is 11. The van der Waals surface area contributed by atoms with Gasteiger partial charge in [-0.1, -0.05) is 44.2 Å². The van der Waals surface area contributed by atoms with Crippen molar-refractivity contribution >= 4 is 34.1 Å². The second-order valence-electron chi connectivity index (χ2n) is 9.09. The summed E-state index contributed by atoms with van der Waals surface area (Å²) in [4.78, 5) is 21.1. The summed E-state index contributed by atoms with van der Waals surface area (Å²) in [6.45, 7) is 7.80. The third kappa shape index (κ3) is 7.58. The highest BCUT2D eigenvalue weighted by Gasteiger charge is 2.20. The number of nitrogens with zero attached hydrogens (tertiary/aromatic N) is 2. The van der Waals surface area contributed by atoms with E-state index < -0.39 is 0 Å².